The van der Waals surface area contributed by atoms with E-state index in [2.05, 4.69) is 14.8 Å². The first-order chi connectivity index (χ1) is 24.4. The van der Waals surface area contributed by atoms with Crippen LogP contribution < -0.4 is 20.1 Å². The van der Waals surface area contributed by atoms with Crippen LogP contribution in [0.3, 0.4) is 0 Å². The van der Waals surface area contributed by atoms with Gasteiger partial charge >= 0.3 is 12.1 Å². The first-order valence-electron chi connectivity index (χ1n) is 17.9. The number of carbonyl (C=O) groups is 1. The molecule has 2 bridgehead atoms. The van der Waals surface area contributed by atoms with E-state index >= 15 is 4.39 Å². The number of hydrogen-bond acceptors (Lipinski definition) is 11. The molecule has 8 heterocycles. The van der Waals surface area contributed by atoms with Gasteiger partial charge in [0.25, 0.3) is 0 Å². The van der Waals surface area contributed by atoms with Crippen molar-refractivity contribution < 1.29 is 27.8 Å². The molecule has 5 aliphatic heterocycles. The van der Waals surface area contributed by atoms with Crippen LogP contribution in [-0.4, -0.2) is 104 Å². The maximum Gasteiger partial charge on any atom is 0.410 e. The van der Waals surface area contributed by atoms with Crippen LogP contribution in [-0.2, 0) is 4.74 Å². The Bertz CT molecular complexity index is 2080. The summed E-state index contributed by atoms with van der Waals surface area (Å²) in [5.41, 5.74) is 5.91. The number of halogens is 2. The van der Waals surface area contributed by atoms with Gasteiger partial charge in [-0.25, -0.2) is 23.5 Å². The van der Waals surface area contributed by atoms with E-state index in [0.29, 0.717) is 47.6 Å². The summed E-state index contributed by atoms with van der Waals surface area (Å²) in [6.45, 7) is 9.32. The molecule has 6 atom stereocenters. The first kappa shape index (κ1) is 32.3. The van der Waals surface area contributed by atoms with Crippen molar-refractivity contribution in [2.75, 3.05) is 36.9 Å². The largest absolute Gasteiger partial charge is 0.472 e. The second-order valence-corrected chi connectivity index (χ2v) is 15.8. The second-order valence-electron chi connectivity index (χ2n) is 15.8. The normalized spacial score (nSPS) is 28.5. The molecule has 0 radical (unpaired) electrons. The number of hydrogen-bond donors (Lipinski definition) is 1. The average Bonchev–Trinajstić information content (AvgIpc) is 3.69. The Hall–Kier alpha value is -4.59. The molecule has 0 spiro atoms. The van der Waals surface area contributed by atoms with Gasteiger partial charge in [0, 0.05) is 30.5 Å². The number of nitrogens with two attached hydrogens (primary N) is 1. The van der Waals surface area contributed by atoms with Crippen molar-refractivity contribution in [3.63, 3.8) is 0 Å². The number of alkyl halides is 1. The van der Waals surface area contributed by atoms with Gasteiger partial charge in [-0.15, -0.1) is 0 Å². The van der Waals surface area contributed by atoms with Crippen molar-refractivity contribution in [3.05, 3.63) is 36.1 Å². The minimum absolute atomic E-state index is 0.00115. The molecule has 1 amide bonds. The Balaban J connectivity index is 1.20. The molecule has 4 aromatic rings. The standard InChI is InChI=1S/C37H42F2N8O4/c1-19-31-24-11-10-22(47(24)35(48)51-36(2,3)4)17-46(31)32-26-30(43-34(44-32)49-18-37-13-6-14-45(37)16-21(38)15-37)27(39)29(42-33(26)50-19)23-8-5-7-20-9-12-25(40)41-28(20)23/h5,7-9,12,19,21-22,24,31H,6,10-11,13-18H2,1-4H3,(H2,40,41)/t19-,21+,22+,24-,31+,37-/m0/s1. The van der Waals surface area contributed by atoms with Crippen molar-refractivity contribution >= 4 is 39.5 Å². The highest BCUT2D eigenvalue weighted by Gasteiger charge is 2.54. The fourth-order valence-electron chi connectivity index (χ4n) is 9.26. The average molecular weight is 701 g/mol. The molecular weight excluding hydrogens is 658 g/mol. The van der Waals surface area contributed by atoms with Gasteiger partial charge in [0.15, 0.2) is 5.82 Å². The maximum atomic E-state index is 17.2. The highest BCUT2D eigenvalue weighted by Crippen LogP contribution is 2.47. The number of nitrogens with zero attached hydrogens (tertiary/aromatic N) is 7. The third-order valence-electron chi connectivity index (χ3n) is 11.3. The lowest BCUT2D eigenvalue weighted by Gasteiger charge is -2.48. The van der Waals surface area contributed by atoms with Crippen molar-refractivity contribution in [2.45, 2.75) is 101 Å². The van der Waals surface area contributed by atoms with E-state index in [1.165, 1.54) is 0 Å². The van der Waals surface area contributed by atoms with Crippen LogP contribution in [0.2, 0.25) is 0 Å². The lowest BCUT2D eigenvalue weighted by atomic mass is 9.95. The van der Waals surface area contributed by atoms with Gasteiger partial charge < -0.3 is 24.8 Å². The fourth-order valence-corrected chi connectivity index (χ4v) is 9.26. The van der Waals surface area contributed by atoms with Crippen LogP contribution in [0.5, 0.6) is 11.9 Å². The minimum Gasteiger partial charge on any atom is -0.472 e. The molecule has 9 rings (SSSR count). The molecule has 1 aromatic carbocycles. The van der Waals surface area contributed by atoms with Crippen LogP contribution in [0.1, 0.15) is 59.8 Å². The van der Waals surface area contributed by atoms with Gasteiger partial charge in [0.05, 0.1) is 29.2 Å². The van der Waals surface area contributed by atoms with Crippen LogP contribution >= 0.6 is 0 Å². The number of anilines is 2. The zero-order valence-electron chi connectivity index (χ0n) is 29.2. The molecule has 51 heavy (non-hydrogen) atoms. The van der Waals surface area contributed by atoms with E-state index in [1.54, 1.807) is 12.1 Å². The van der Waals surface area contributed by atoms with Crippen LogP contribution in [0.25, 0.3) is 33.1 Å². The van der Waals surface area contributed by atoms with E-state index in [-0.39, 0.29) is 53.9 Å². The number of para-hydroxylation sites is 1. The van der Waals surface area contributed by atoms with Gasteiger partial charge in [-0.05, 0) is 72.1 Å². The predicted molar refractivity (Wildman–Crippen MR) is 187 cm³/mol. The number of aromatic nitrogens is 4. The Morgan fingerprint density at radius 1 is 1.10 bits per heavy atom. The summed E-state index contributed by atoms with van der Waals surface area (Å²) in [6.07, 6.45) is 1.88. The van der Waals surface area contributed by atoms with Crippen LogP contribution in [0, 0.1) is 5.82 Å². The summed E-state index contributed by atoms with van der Waals surface area (Å²) in [6, 6.07) is 8.22. The monoisotopic (exact) mass is 700 g/mol. The van der Waals surface area contributed by atoms with Crippen LogP contribution in [0.4, 0.5) is 25.2 Å². The number of ether oxygens (including phenoxy) is 3. The third kappa shape index (κ3) is 5.19. The lowest BCUT2D eigenvalue weighted by molar-refractivity contribution is 0.000938. The summed E-state index contributed by atoms with van der Waals surface area (Å²) in [4.78, 5) is 38.7. The van der Waals surface area contributed by atoms with Crippen molar-refractivity contribution in [1.82, 2.24) is 29.7 Å². The van der Waals surface area contributed by atoms with Gasteiger partial charge in [0.1, 0.15) is 52.7 Å². The third-order valence-corrected chi connectivity index (χ3v) is 11.3. The molecule has 0 saturated carbocycles. The number of rotatable bonds is 4. The van der Waals surface area contributed by atoms with Gasteiger partial charge in [0.2, 0.25) is 5.88 Å². The van der Waals surface area contributed by atoms with E-state index in [0.717, 1.165) is 37.6 Å². The van der Waals surface area contributed by atoms with Gasteiger partial charge in [-0.2, -0.15) is 9.97 Å². The molecule has 2 N–H and O–H groups in total. The number of fused-ring (bicyclic) bond motifs is 7. The zero-order valence-corrected chi connectivity index (χ0v) is 29.2. The maximum absolute atomic E-state index is 17.2. The number of carbonyl (C=O) groups excluding carboxylic acids is 1. The molecule has 268 valence electrons. The lowest BCUT2D eigenvalue weighted by Crippen LogP contribution is -2.65. The smallest absolute Gasteiger partial charge is 0.410 e. The molecule has 5 aliphatic rings. The number of piperazine rings is 1. The number of nitrogen functional groups attached to an aromatic ring is 1. The molecule has 12 nitrogen and oxygen atoms in total. The summed E-state index contributed by atoms with van der Waals surface area (Å²) in [5, 5.41) is 1.11. The Morgan fingerprint density at radius 2 is 1.94 bits per heavy atom. The Labute approximate surface area is 294 Å². The first-order valence-corrected chi connectivity index (χ1v) is 17.9. The van der Waals surface area contributed by atoms with E-state index < -0.39 is 29.2 Å². The summed E-state index contributed by atoms with van der Waals surface area (Å²) < 4.78 is 50.7. The molecule has 0 aliphatic carbocycles. The molecule has 4 saturated heterocycles. The highest BCUT2D eigenvalue weighted by atomic mass is 19.1. The van der Waals surface area contributed by atoms with Crippen molar-refractivity contribution in [2.24, 2.45) is 0 Å². The molecule has 14 heteroatoms. The topological polar surface area (TPSA) is 132 Å². The van der Waals surface area contributed by atoms with Gasteiger partial charge in [-0.3, -0.25) is 9.80 Å². The van der Waals surface area contributed by atoms with Gasteiger partial charge in [-0.1, -0.05) is 18.2 Å². The van der Waals surface area contributed by atoms with Crippen molar-refractivity contribution in [1.29, 1.82) is 0 Å². The molecule has 0 unspecified atom stereocenters. The number of amides is 1. The number of benzene rings is 1. The summed E-state index contributed by atoms with van der Waals surface area (Å²) in [7, 11) is 0. The van der Waals surface area contributed by atoms with Crippen LogP contribution in [0.15, 0.2) is 30.3 Å². The predicted octanol–water partition coefficient (Wildman–Crippen LogP) is 5.65. The summed E-state index contributed by atoms with van der Waals surface area (Å²) in [5.74, 6) is 0.244. The zero-order chi connectivity index (χ0) is 35.4. The molecular formula is C37H42F2N8O4. The molecule has 3 aromatic heterocycles. The highest BCUT2D eigenvalue weighted by molar-refractivity contribution is 6.00. The van der Waals surface area contributed by atoms with E-state index in [9.17, 15) is 9.18 Å². The van der Waals surface area contributed by atoms with E-state index in [1.807, 2.05) is 50.8 Å². The Morgan fingerprint density at radius 3 is 2.76 bits per heavy atom. The van der Waals surface area contributed by atoms with Crippen molar-refractivity contribution in [3.8, 4) is 23.1 Å². The van der Waals surface area contributed by atoms with E-state index in [4.69, 9.17) is 34.9 Å². The molecule has 4 fully saturated rings. The second kappa shape index (κ2) is 11.5. The Kier molecular flexibility index (Phi) is 7.26. The number of pyridine rings is 2. The SMILES string of the molecule is C[C@@H]1Oc2nc(-c3cccc4ccc(N)nc34)c(F)c3nc(OC[C@@]45CCCN4C[C@H](F)C5)nc(c23)N2C[C@H]3CC[C@@H]([C@@H]12)N3C(=O)OC(C)(C)C. The quantitative estimate of drug-likeness (QED) is 0.283. The fraction of sp³-hybridized carbons (Fsp3) is 0.541. The summed E-state index contributed by atoms with van der Waals surface area (Å²) >= 11 is 0. The minimum atomic E-state index is -0.927.